The summed E-state index contributed by atoms with van der Waals surface area (Å²) in [5.74, 6) is 0.0118. The topological polar surface area (TPSA) is 74.2 Å². The fraction of sp³-hybridized carbons (Fsp3) is 0.412. The van der Waals surface area contributed by atoms with Crippen molar-refractivity contribution in [1.82, 2.24) is 10.3 Å². The molecule has 1 atom stereocenters. The Morgan fingerprint density at radius 1 is 1.39 bits per heavy atom. The summed E-state index contributed by atoms with van der Waals surface area (Å²) in [6, 6.07) is 5.70. The van der Waals surface area contributed by atoms with E-state index in [0.717, 1.165) is 29.1 Å². The highest BCUT2D eigenvalue weighted by molar-refractivity contribution is 7.09. The molecule has 2 rings (SSSR count). The van der Waals surface area contributed by atoms with Gasteiger partial charge in [-0.15, -0.1) is 11.3 Å². The number of hydrogen-bond donors (Lipinski definition) is 3. The third-order valence-electron chi connectivity index (χ3n) is 3.64. The first-order chi connectivity index (χ1) is 11.0. The van der Waals surface area contributed by atoms with Crippen molar-refractivity contribution >= 4 is 23.1 Å². The van der Waals surface area contributed by atoms with Gasteiger partial charge in [0, 0.05) is 29.6 Å². The average Bonchev–Trinajstić information content (AvgIpc) is 3.00. The van der Waals surface area contributed by atoms with Gasteiger partial charge in [-0.3, -0.25) is 4.98 Å². The number of pyridine rings is 1. The normalized spacial score (nSPS) is 12.0. The molecule has 0 fully saturated rings. The molecule has 0 saturated carbocycles. The largest absolute Gasteiger partial charge is 0.396 e. The van der Waals surface area contributed by atoms with E-state index in [4.69, 9.17) is 0 Å². The second-order valence-electron chi connectivity index (χ2n) is 5.71. The number of thiophene rings is 1. The van der Waals surface area contributed by atoms with E-state index in [1.165, 1.54) is 4.88 Å². The highest BCUT2D eigenvalue weighted by Crippen LogP contribution is 2.19. The van der Waals surface area contributed by atoms with Gasteiger partial charge >= 0.3 is 6.03 Å². The van der Waals surface area contributed by atoms with Crippen LogP contribution in [0.1, 0.15) is 21.8 Å². The van der Waals surface area contributed by atoms with Crippen LogP contribution in [-0.4, -0.2) is 29.3 Å². The fourth-order valence-electron chi connectivity index (χ4n) is 2.52. The van der Waals surface area contributed by atoms with E-state index in [1.54, 1.807) is 11.3 Å². The molecule has 2 amide bonds. The second-order valence-corrected chi connectivity index (χ2v) is 6.74. The number of urea groups is 1. The van der Waals surface area contributed by atoms with Crippen LogP contribution in [0.2, 0.25) is 0 Å². The van der Waals surface area contributed by atoms with Crippen molar-refractivity contribution in [2.24, 2.45) is 5.92 Å². The Bertz CT molecular complexity index is 633. The number of hydrogen-bond acceptors (Lipinski definition) is 4. The summed E-state index contributed by atoms with van der Waals surface area (Å²) in [7, 11) is 0. The zero-order valence-corrected chi connectivity index (χ0v) is 14.5. The van der Waals surface area contributed by atoms with Gasteiger partial charge in [0.2, 0.25) is 0 Å². The molecule has 3 N–H and O–H groups in total. The lowest BCUT2D eigenvalue weighted by atomic mass is 10.1. The standard InChI is InChI=1S/C17H23N3O2S/c1-11-7-12(2)19-13(3)16(11)20-17(22)18-9-14(10-21)8-15-5-4-6-23-15/h4-7,14,21H,8-10H2,1-3H3,(H2,18,20,22). The van der Waals surface area contributed by atoms with Crippen LogP contribution in [0.4, 0.5) is 10.5 Å². The molecule has 2 aromatic heterocycles. The minimum Gasteiger partial charge on any atom is -0.396 e. The van der Waals surface area contributed by atoms with Gasteiger partial charge in [0.25, 0.3) is 0 Å². The van der Waals surface area contributed by atoms with Gasteiger partial charge in [-0.25, -0.2) is 4.79 Å². The number of carbonyl (C=O) groups excluding carboxylic acids is 1. The molecular formula is C17H23N3O2S. The van der Waals surface area contributed by atoms with E-state index >= 15 is 0 Å². The average molecular weight is 333 g/mol. The van der Waals surface area contributed by atoms with E-state index in [-0.39, 0.29) is 18.6 Å². The summed E-state index contributed by atoms with van der Waals surface area (Å²) in [6.07, 6.45) is 0.762. The number of aliphatic hydroxyl groups is 1. The molecule has 6 heteroatoms. The van der Waals surface area contributed by atoms with Crippen molar-refractivity contribution in [2.45, 2.75) is 27.2 Å². The van der Waals surface area contributed by atoms with Crippen LogP contribution in [-0.2, 0) is 6.42 Å². The Morgan fingerprint density at radius 3 is 2.78 bits per heavy atom. The number of aromatic nitrogens is 1. The smallest absolute Gasteiger partial charge is 0.319 e. The highest BCUT2D eigenvalue weighted by atomic mass is 32.1. The molecule has 2 aromatic rings. The maximum Gasteiger partial charge on any atom is 0.319 e. The Hall–Kier alpha value is -1.92. The Kier molecular flexibility index (Phi) is 6.12. The quantitative estimate of drug-likeness (QED) is 0.760. The fourth-order valence-corrected chi connectivity index (χ4v) is 3.34. The van der Waals surface area contributed by atoms with Gasteiger partial charge in [0.1, 0.15) is 0 Å². The van der Waals surface area contributed by atoms with E-state index in [2.05, 4.69) is 15.6 Å². The predicted molar refractivity (Wildman–Crippen MR) is 94.1 cm³/mol. The number of nitrogens with zero attached hydrogens (tertiary/aromatic N) is 1. The minimum atomic E-state index is -0.272. The molecule has 0 radical (unpaired) electrons. The molecule has 0 spiro atoms. The van der Waals surface area contributed by atoms with Gasteiger partial charge in [-0.1, -0.05) is 6.07 Å². The monoisotopic (exact) mass is 333 g/mol. The van der Waals surface area contributed by atoms with Crippen LogP contribution in [0.25, 0.3) is 0 Å². The van der Waals surface area contributed by atoms with E-state index in [0.29, 0.717) is 6.54 Å². The maximum absolute atomic E-state index is 12.1. The van der Waals surface area contributed by atoms with E-state index in [1.807, 2.05) is 44.4 Å². The van der Waals surface area contributed by atoms with Crippen LogP contribution in [0.5, 0.6) is 0 Å². The number of anilines is 1. The summed E-state index contributed by atoms with van der Waals surface area (Å²) in [5, 5.41) is 17.2. The van der Waals surface area contributed by atoms with Gasteiger partial charge < -0.3 is 15.7 Å². The van der Waals surface area contributed by atoms with Crippen LogP contribution in [0.3, 0.4) is 0 Å². The number of nitrogens with one attached hydrogen (secondary N) is 2. The lowest BCUT2D eigenvalue weighted by Crippen LogP contribution is -2.35. The molecule has 0 saturated heterocycles. The third-order valence-corrected chi connectivity index (χ3v) is 4.54. The summed E-state index contributed by atoms with van der Waals surface area (Å²) in [6.45, 7) is 6.23. The van der Waals surface area contributed by atoms with Gasteiger partial charge in [0.15, 0.2) is 0 Å². The lowest BCUT2D eigenvalue weighted by molar-refractivity contribution is 0.218. The predicted octanol–water partition coefficient (Wildman–Crippen LogP) is 3.04. The molecule has 2 heterocycles. The molecule has 5 nitrogen and oxygen atoms in total. The number of aliphatic hydroxyl groups excluding tert-OH is 1. The Labute approximate surface area is 140 Å². The molecule has 23 heavy (non-hydrogen) atoms. The van der Waals surface area contributed by atoms with Crippen LogP contribution in [0.15, 0.2) is 23.6 Å². The first kappa shape index (κ1) is 17.4. The summed E-state index contributed by atoms with van der Waals surface area (Å²) < 4.78 is 0. The van der Waals surface area contributed by atoms with Crippen molar-refractivity contribution in [1.29, 1.82) is 0 Å². The minimum absolute atomic E-state index is 0.0118. The lowest BCUT2D eigenvalue weighted by Gasteiger charge is -2.16. The number of rotatable bonds is 6. The zero-order valence-electron chi connectivity index (χ0n) is 13.7. The van der Waals surface area contributed by atoms with Gasteiger partial charge in [-0.05, 0) is 50.3 Å². The number of aryl methyl sites for hydroxylation is 3. The molecule has 0 aliphatic heterocycles. The van der Waals surface area contributed by atoms with Crippen LogP contribution in [0, 0.1) is 26.7 Å². The molecule has 0 aliphatic carbocycles. The molecule has 1 unspecified atom stereocenters. The molecule has 0 bridgehead atoms. The SMILES string of the molecule is Cc1cc(C)c(NC(=O)NCC(CO)Cc2cccs2)c(C)n1. The first-order valence-electron chi connectivity index (χ1n) is 7.62. The third kappa shape index (κ3) is 5.04. The number of carbonyl (C=O) groups is 1. The summed E-state index contributed by atoms with van der Waals surface area (Å²) in [5.41, 5.74) is 3.46. The Morgan fingerprint density at radius 2 is 2.17 bits per heavy atom. The maximum atomic E-state index is 12.1. The van der Waals surface area contributed by atoms with Crippen molar-refractivity contribution in [3.8, 4) is 0 Å². The van der Waals surface area contributed by atoms with Gasteiger partial charge in [0.05, 0.1) is 11.4 Å². The van der Waals surface area contributed by atoms with E-state index in [9.17, 15) is 9.90 Å². The van der Waals surface area contributed by atoms with Crippen molar-refractivity contribution in [2.75, 3.05) is 18.5 Å². The van der Waals surface area contributed by atoms with Crippen LogP contribution >= 0.6 is 11.3 Å². The molecule has 0 aliphatic rings. The summed E-state index contributed by atoms with van der Waals surface area (Å²) in [4.78, 5) is 17.7. The Balaban J connectivity index is 1.89. The molecular weight excluding hydrogens is 310 g/mol. The van der Waals surface area contributed by atoms with Crippen LogP contribution < -0.4 is 10.6 Å². The molecule has 0 aromatic carbocycles. The highest BCUT2D eigenvalue weighted by Gasteiger charge is 2.13. The zero-order chi connectivity index (χ0) is 16.8. The number of amides is 2. The molecule has 124 valence electrons. The first-order valence-corrected chi connectivity index (χ1v) is 8.50. The summed E-state index contributed by atoms with van der Waals surface area (Å²) >= 11 is 1.66. The van der Waals surface area contributed by atoms with Crippen molar-refractivity contribution in [3.63, 3.8) is 0 Å². The van der Waals surface area contributed by atoms with Gasteiger partial charge in [-0.2, -0.15) is 0 Å². The van der Waals surface area contributed by atoms with Crippen molar-refractivity contribution in [3.05, 3.63) is 45.4 Å². The second kappa shape index (κ2) is 8.08. The van der Waals surface area contributed by atoms with E-state index < -0.39 is 0 Å². The van der Waals surface area contributed by atoms with Crippen molar-refractivity contribution < 1.29 is 9.90 Å².